The topological polar surface area (TPSA) is 61.5 Å². The van der Waals surface area contributed by atoms with E-state index in [1.807, 2.05) is 25.1 Å². The summed E-state index contributed by atoms with van der Waals surface area (Å²) < 4.78 is 11.0. The van der Waals surface area contributed by atoms with Gasteiger partial charge in [0.15, 0.2) is 0 Å². The average Bonchev–Trinajstić information content (AvgIpc) is 2.31. The van der Waals surface area contributed by atoms with Crippen LogP contribution in [0.5, 0.6) is 5.75 Å². The molecule has 0 saturated carbocycles. The minimum Gasteiger partial charge on any atom is -0.494 e. The van der Waals surface area contributed by atoms with Crippen molar-refractivity contribution in [2.75, 3.05) is 13.7 Å². The fraction of sp³-hybridized carbons (Fsp3) is 0.417. The molecular formula is C12H16BrNO3. The second-order valence-corrected chi connectivity index (χ2v) is 4.42. The van der Waals surface area contributed by atoms with E-state index in [1.54, 1.807) is 0 Å². The average molecular weight is 302 g/mol. The van der Waals surface area contributed by atoms with E-state index in [0.717, 1.165) is 10.0 Å². The van der Waals surface area contributed by atoms with Gasteiger partial charge in [-0.15, -0.1) is 0 Å². The molecule has 0 saturated heterocycles. The zero-order valence-electron chi connectivity index (χ0n) is 9.90. The Morgan fingerprint density at radius 2 is 2.24 bits per heavy atom. The highest BCUT2D eigenvalue weighted by Crippen LogP contribution is 2.29. The van der Waals surface area contributed by atoms with Crippen molar-refractivity contribution in [3.8, 4) is 5.75 Å². The number of halogens is 1. The maximum atomic E-state index is 11.2. The molecule has 1 atom stereocenters. The summed E-state index contributed by atoms with van der Waals surface area (Å²) in [4.78, 5) is 11.2. The first-order valence-corrected chi connectivity index (χ1v) is 6.12. The Bertz CT molecular complexity index is 395. The molecule has 2 N–H and O–H groups in total. The van der Waals surface area contributed by atoms with Crippen molar-refractivity contribution in [2.45, 2.75) is 19.4 Å². The highest BCUT2D eigenvalue weighted by Gasteiger charge is 2.16. The Labute approximate surface area is 109 Å². The fourth-order valence-corrected chi connectivity index (χ4v) is 1.85. The number of rotatable bonds is 5. The number of benzene rings is 1. The molecule has 1 aromatic carbocycles. The molecule has 0 bridgehead atoms. The highest BCUT2D eigenvalue weighted by atomic mass is 79.9. The van der Waals surface area contributed by atoms with Crippen LogP contribution in [-0.4, -0.2) is 19.7 Å². The van der Waals surface area contributed by atoms with Gasteiger partial charge in [0, 0.05) is 16.1 Å². The van der Waals surface area contributed by atoms with Crippen LogP contribution in [-0.2, 0) is 9.53 Å². The highest BCUT2D eigenvalue weighted by molar-refractivity contribution is 9.10. The summed E-state index contributed by atoms with van der Waals surface area (Å²) in [6.45, 7) is 2.46. The number of hydrogen-bond acceptors (Lipinski definition) is 4. The SMILES string of the molecule is CCOc1ccc(Br)cc1[C@H](N)CC(=O)OC. The molecule has 1 aromatic rings. The largest absolute Gasteiger partial charge is 0.494 e. The van der Waals surface area contributed by atoms with Gasteiger partial charge in [-0.25, -0.2) is 0 Å². The Morgan fingerprint density at radius 1 is 1.53 bits per heavy atom. The molecule has 0 aliphatic carbocycles. The first-order valence-electron chi connectivity index (χ1n) is 5.33. The second kappa shape index (κ2) is 6.61. The van der Waals surface area contributed by atoms with Gasteiger partial charge in [-0.05, 0) is 25.1 Å². The minimum absolute atomic E-state index is 0.132. The van der Waals surface area contributed by atoms with E-state index < -0.39 is 6.04 Å². The van der Waals surface area contributed by atoms with Crippen LogP contribution in [0.1, 0.15) is 24.9 Å². The van der Waals surface area contributed by atoms with Crippen LogP contribution in [0.2, 0.25) is 0 Å². The predicted octanol–water partition coefficient (Wildman–Crippen LogP) is 2.41. The summed E-state index contributed by atoms with van der Waals surface area (Å²) in [5, 5.41) is 0. The standard InChI is InChI=1S/C12H16BrNO3/c1-3-17-11-5-4-8(13)6-9(11)10(14)7-12(15)16-2/h4-6,10H,3,7,14H2,1-2H3/t10-/m1/s1. The van der Waals surface area contributed by atoms with Gasteiger partial charge in [-0.3, -0.25) is 4.79 Å². The third-order valence-electron chi connectivity index (χ3n) is 2.29. The molecule has 94 valence electrons. The molecule has 0 aromatic heterocycles. The van der Waals surface area contributed by atoms with Gasteiger partial charge in [0.25, 0.3) is 0 Å². The monoisotopic (exact) mass is 301 g/mol. The van der Waals surface area contributed by atoms with E-state index in [4.69, 9.17) is 10.5 Å². The lowest BCUT2D eigenvalue weighted by atomic mass is 10.0. The maximum Gasteiger partial charge on any atom is 0.307 e. The first-order chi connectivity index (χ1) is 8.08. The molecule has 0 fully saturated rings. The number of esters is 1. The summed E-state index contributed by atoms with van der Waals surface area (Å²) in [7, 11) is 1.35. The molecule has 4 nitrogen and oxygen atoms in total. The quantitative estimate of drug-likeness (QED) is 0.849. The van der Waals surface area contributed by atoms with Crippen molar-refractivity contribution in [3.63, 3.8) is 0 Å². The van der Waals surface area contributed by atoms with Crippen molar-refractivity contribution >= 4 is 21.9 Å². The smallest absolute Gasteiger partial charge is 0.307 e. The molecule has 0 amide bonds. The van der Waals surface area contributed by atoms with E-state index >= 15 is 0 Å². The van der Waals surface area contributed by atoms with Crippen molar-refractivity contribution in [2.24, 2.45) is 5.73 Å². The van der Waals surface area contributed by atoms with Gasteiger partial charge >= 0.3 is 5.97 Å². The number of carbonyl (C=O) groups excluding carboxylic acids is 1. The lowest BCUT2D eigenvalue weighted by Crippen LogP contribution is -2.17. The molecular weight excluding hydrogens is 286 g/mol. The van der Waals surface area contributed by atoms with Crippen molar-refractivity contribution in [3.05, 3.63) is 28.2 Å². The number of carbonyl (C=O) groups is 1. The van der Waals surface area contributed by atoms with Gasteiger partial charge in [-0.1, -0.05) is 15.9 Å². The van der Waals surface area contributed by atoms with E-state index in [1.165, 1.54) is 7.11 Å². The lowest BCUT2D eigenvalue weighted by Gasteiger charge is -2.16. The number of ether oxygens (including phenoxy) is 2. The van der Waals surface area contributed by atoms with Crippen molar-refractivity contribution in [1.29, 1.82) is 0 Å². The fourth-order valence-electron chi connectivity index (χ4n) is 1.47. The van der Waals surface area contributed by atoms with Crippen molar-refractivity contribution in [1.82, 2.24) is 0 Å². The summed E-state index contributed by atoms with van der Waals surface area (Å²) in [6.07, 6.45) is 0.132. The van der Waals surface area contributed by atoms with Crippen LogP contribution >= 0.6 is 15.9 Å². The van der Waals surface area contributed by atoms with E-state index in [0.29, 0.717) is 12.4 Å². The molecule has 0 aliphatic rings. The van der Waals surface area contributed by atoms with Crippen LogP contribution in [0, 0.1) is 0 Å². The van der Waals surface area contributed by atoms with Crippen LogP contribution < -0.4 is 10.5 Å². The van der Waals surface area contributed by atoms with Gasteiger partial charge in [0.1, 0.15) is 5.75 Å². The number of methoxy groups -OCH3 is 1. The normalized spacial score (nSPS) is 12.0. The summed E-state index contributed by atoms with van der Waals surface area (Å²) in [5.74, 6) is 0.368. The maximum absolute atomic E-state index is 11.2. The first kappa shape index (κ1) is 14.0. The van der Waals surface area contributed by atoms with Crippen LogP contribution in [0.25, 0.3) is 0 Å². The Kier molecular flexibility index (Phi) is 5.44. The molecule has 0 aliphatic heterocycles. The second-order valence-electron chi connectivity index (χ2n) is 3.50. The van der Waals surface area contributed by atoms with Gasteiger partial charge < -0.3 is 15.2 Å². The number of nitrogens with two attached hydrogens (primary N) is 1. The van der Waals surface area contributed by atoms with E-state index in [2.05, 4.69) is 20.7 Å². The summed E-state index contributed by atoms with van der Waals surface area (Å²) in [5.41, 5.74) is 6.77. The predicted molar refractivity (Wildman–Crippen MR) is 68.9 cm³/mol. The zero-order valence-corrected chi connectivity index (χ0v) is 11.5. The third-order valence-corrected chi connectivity index (χ3v) is 2.78. The molecule has 0 spiro atoms. The molecule has 0 unspecified atom stereocenters. The van der Waals surface area contributed by atoms with Crippen LogP contribution in [0.4, 0.5) is 0 Å². The Morgan fingerprint density at radius 3 is 2.82 bits per heavy atom. The molecule has 5 heteroatoms. The third kappa shape index (κ3) is 4.02. The molecule has 17 heavy (non-hydrogen) atoms. The lowest BCUT2D eigenvalue weighted by molar-refractivity contribution is -0.141. The van der Waals surface area contributed by atoms with Crippen molar-refractivity contribution < 1.29 is 14.3 Å². The van der Waals surface area contributed by atoms with Gasteiger partial charge in [-0.2, -0.15) is 0 Å². The molecule has 1 rings (SSSR count). The Hall–Kier alpha value is -1.07. The summed E-state index contributed by atoms with van der Waals surface area (Å²) >= 11 is 3.37. The molecule has 0 heterocycles. The van der Waals surface area contributed by atoms with Gasteiger partial charge in [0.2, 0.25) is 0 Å². The zero-order chi connectivity index (χ0) is 12.8. The van der Waals surface area contributed by atoms with Crippen LogP contribution in [0.15, 0.2) is 22.7 Å². The molecule has 0 radical (unpaired) electrons. The Balaban J connectivity index is 2.93. The van der Waals surface area contributed by atoms with E-state index in [9.17, 15) is 4.79 Å². The van der Waals surface area contributed by atoms with E-state index in [-0.39, 0.29) is 12.4 Å². The van der Waals surface area contributed by atoms with Gasteiger partial charge in [0.05, 0.1) is 20.1 Å². The van der Waals surface area contributed by atoms with Crippen LogP contribution in [0.3, 0.4) is 0 Å². The minimum atomic E-state index is -0.429. The summed E-state index contributed by atoms with van der Waals surface area (Å²) in [6, 6.07) is 5.14. The number of hydrogen-bond donors (Lipinski definition) is 1.